The highest BCUT2D eigenvalue weighted by molar-refractivity contribution is 7.27. The van der Waals surface area contributed by atoms with Crippen molar-refractivity contribution in [2.45, 2.75) is 0 Å². The van der Waals surface area contributed by atoms with Crippen LogP contribution < -0.4 is 4.90 Å². The average Bonchev–Trinajstić information content (AvgIpc) is 3.86. The quantitative estimate of drug-likeness (QED) is 0.156. The fraction of sp³-hybridized carbons (Fsp3) is 0. The topological polar surface area (TPSA) is 3.24 Å². The Hall–Kier alpha value is -6.78. The predicted molar refractivity (Wildman–Crippen MR) is 249 cm³/mol. The van der Waals surface area contributed by atoms with E-state index in [0.717, 1.165) is 11.4 Å². The third-order valence-corrected chi connectivity index (χ3v) is 13.5. The van der Waals surface area contributed by atoms with Crippen molar-refractivity contribution < 1.29 is 0 Å². The number of thiophene rings is 2. The van der Waals surface area contributed by atoms with E-state index in [-0.39, 0.29) is 0 Å². The molecule has 0 unspecified atom stereocenters. The molecule has 9 aromatic carbocycles. The molecule has 2 aromatic heterocycles. The lowest BCUT2D eigenvalue weighted by Crippen LogP contribution is -2.10. The average molecular weight is 762 g/mol. The van der Waals surface area contributed by atoms with E-state index < -0.39 is 0 Å². The van der Waals surface area contributed by atoms with Gasteiger partial charge in [-0.15, -0.1) is 22.7 Å². The van der Waals surface area contributed by atoms with Crippen molar-refractivity contribution in [3.05, 3.63) is 212 Å². The first kappa shape index (κ1) is 33.5. The van der Waals surface area contributed by atoms with Gasteiger partial charge in [0.1, 0.15) is 0 Å². The number of hydrogen-bond donors (Lipinski definition) is 0. The summed E-state index contributed by atoms with van der Waals surface area (Å²) in [6.07, 6.45) is 0. The standard InChI is InChI=1S/C54H35NS2/c1-3-11-36(12-4-1)38-25-30-43(31-26-38)55(50-19-10-18-49-48-17-9-16-45(53(48)57-54(49)50)41-13-5-2-6-14-41)44-32-27-39(28-33-44)37-21-23-40(24-22-37)42-29-34-47-46-15-7-8-20-51(46)56-52(47)35-42/h1-35H. The molecule has 0 fully saturated rings. The van der Waals surface area contributed by atoms with E-state index in [9.17, 15) is 0 Å². The van der Waals surface area contributed by atoms with E-state index in [0.29, 0.717) is 0 Å². The number of rotatable bonds is 7. The van der Waals surface area contributed by atoms with Crippen LogP contribution in [0, 0.1) is 0 Å². The molecule has 2 heterocycles. The van der Waals surface area contributed by atoms with Crippen molar-refractivity contribution in [2.24, 2.45) is 0 Å². The summed E-state index contributed by atoms with van der Waals surface area (Å²) in [7, 11) is 0. The van der Waals surface area contributed by atoms with Crippen molar-refractivity contribution in [1.29, 1.82) is 0 Å². The van der Waals surface area contributed by atoms with Crippen molar-refractivity contribution in [2.75, 3.05) is 4.90 Å². The SMILES string of the molecule is c1ccc(-c2ccc(N(c3ccc(-c4ccc(-c5ccc6c(c5)sc5ccccc56)cc4)cc3)c3cccc4c3sc3c(-c5ccccc5)cccc34)cc2)cc1. The lowest BCUT2D eigenvalue weighted by Gasteiger charge is -2.26. The van der Waals surface area contributed by atoms with Crippen LogP contribution in [0.2, 0.25) is 0 Å². The van der Waals surface area contributed by atoms with Gasteiger partial charge in [-0.25, -0.2) is 0 Å². The molecule has 11 aromatic rings. The Kier molecular flexibility index (Phi) is 8.28. The summed E-state index contributed by atoms with van der Waals surface area (Å²) in [5.74, 6) is 0. The second-order valence-electron chi connectivity index (χ2n) is 14.5. The lowest BCUT2D eigenvalue weighted by molar-refractivity contribution is 1.30. The monoisotopic (exact) mass is 761 g/mol. The smallest absolute Gasteiger partial charge is 0.0640 e. The molecule has 3 heteroatoms. The van der Waals surface area contributed by atoms with Gasteiger partial charge in [0.25, 0.3) is 0 Å². The highest BCUT2D eigenvalue weighted by Crippen LogP contribution is 2.47. The number of hydrogen-bond acceptors (Lipinski definition) is 3. The molecule has 1 nitrogen and oxygen atoms in total. The van der Waals surface area contributed by atoms with Gasteiger partial charge in [0.2, 0.25) is 0 Å². The molecule has 0 amide bonds. The molecule has 0 spiro atoms. The zero-order valence-electron chi connectivity index (χ0n) is 31.0. The molecule has 11 rings (SSSR count). The maximum atomic E-state index is 2.42. The summed E-state index contributed by atoms with van der Waals surface area (Å²) < 4.78 is 5.25. The van der Waals surface area contributed by atoms with Crippen molar-refractivity contribution in [1.82, 2.24) is 0 Å². The molecule has 0 radical (unpaired) electrons. The molecule has 268 valence electrons. The summed E-state index contributed by atoms with van der Waals surface area (Å²) in [6.45, 7) is 0. The molecule has 0 aliphatic heterocycles. The Labute approximate surface area is 340 Å². The number of fused-ring (bicyclic) bond motifs is 6. The Morgan fingerprint density at radius 2 is 0.754 bits per heavy atom. The Morgan fingerprint density at radius 1 is 0.281 bits per heavy atom. The van der Waals surface area contributed by atoms with Gasteiger partial charge in [0.15, 0.2) is 0 Å². The molecule has 0 saturated carbocycles. The summed E-state index contributed by atoms with van der Waals surface area (Å²) in [4.78, 5) is 2.42. The molecule has 57 heavy (non-hydrogen) atoms. The van der Waals surface area contributed by atoms with Crippen LogP contribution in [0.1, 0.15) is 0 Å². The van der Waals surface area contributed by atoms with E-state index in [4.69, 9.17) is 0 Å². The first-order chi connectivity index (χ1) is 28.2. The van der Waals surface area contributed by atoms with Crippen LogP contribution in [0.3, 0.4) is 0 Å². The fourth-order valence-corrected chi connectivity index (χ4v) is 10.7. The minimum Gasteiger partial charge on any atom is -0.309 e. The second-order valence-corrected chi connectivity index (χ2v) is 16.6. The lowest BCUT2D eigenvalue weighted by atomic mass is 9.99. The Morgan fingerprint density at radius 3 is 1.42 bits per heavy atom. The molecule has 0 aliphatic carbocycles. The largest absolute Gasteiger partial charge is 0.309 e. The molecule has 0 saturated heterocycles. The van der Waals surface area contributed by atoms with E-state index in [1.165, 1.54) is 90.5 Å². The van der Waals surface area contributed by atoms with Gasteiger partial charge in [-0.3, -0.25) is 0 Å². The highest BCUT2D eigenvalue weighted by Gasteiger charge is 2.20. The van der Waals surface area contributed by atoms with Crippen molar-refractivity contribution >= 4 is 80.1 Å². The van der Waals surface area contributed by atoms with Gasteiger partial charge in [-0.2, -0.15) is 0 Å². The normalized spacial score (nSPS) is 11.5. The zero-order chi connectivity index (χ0) is 37.7. The first-order valence-electron chi connectivity index (χ1n) is 19.3. The van der Waals surface area contributed by atoms with Crippen molar-refractivity contribution in [3.63, 3.8) is 0 Å². The second kappa shape index (κ2) is 14.1. The highest BCUT2D eigenvalue weighted by atomic mass is 32.1. The van der Waals surface area contributed by atoms with Crippen LogP contribution in [-0.2, 0) is 0 Å². The van der Waals surface area contributed by atoms with Gasteiger partial charge in [0, 0.05) is 47.0 Å². The minimum absolute atomic E-state index is 1.12. The molecule has 0 N–H and O–H groups in total. The summed E-state index contributed by atoms with van der Waals surface area (Å²) in [6, 6.07) is 77.5. The summed E-state index contributed by atoms with van der Waals surface area (Å²) in [5.41, 5.74) is 13.2. The summed E-state index contributed by atoms with van der Waals surface area (Å²) in [5, 5.41) is 5.24. The van der Waals surface area contributed by atoms with Gasteiger partial charge >= 0.3 is 0 Å². The maximum Gasteiger partial charge on any atom is 0.0640 e. The Balaban J connectivity index is 0.978. The third kappa shape index (κ3) is 6.00. The molecular weight excluding hydrogens is 727 g/mol. The first-order valence-corrected chi connectivity index (χ1v) is 21.0. The minimum atomic E-state index is 1.12. The summed E-state index contributed by atoms with van der Waals surface area (Å²) >= 11 is 3.76. The maximum absolute atomic E-state index is 2.42. The van der Waals surface area contributed by atoms with Crippen LogP contribution in [-0.4, -0.2) is 0 Å². The van der Waals surface area contributed by atoms with Crippen LogP contribution in [0.15, 0.2) is 212 Å². The fourth-order valence-electron chi connectivity index (χ4n) is 8.25. The van der Waals surface area contributed by atoms with Gasteiger partial charge in [-0.1, -0.05) is 170 Å². The number of anilines is 3. The molecule has 0 aliphatic rings. The van der Waals surface area contributed by atoms with E-state index in [2.05, 4.69) is 217 Å². The molecule has 0 atom stereocenters. The van der Waals surface area contributed by atoms with Crippen LogP contribution in [0.5, 0.6) is 0 Å². The third-order valence-electron chi connectivity index (χ3n) is 11.1. The van der Waals surface area contributed by atoms with Crippen LogP contribution in [0.4, 0.5) is 17.1 Å². The van der Waals surface area contributed by atoms with Gasteiger partial charge in [0.05, 0.1) is 10.4 Å². The predicted octanol–water partition coefficient (Wildman–Crippen LogP) is 16.6. The number of benzene rings is 9. The van der Waals surface area contributed by atoms with E-state index in [1.807, 2.05) is 22.7 Å². The van der Waals surface area contributed by atoms with E-state index in [1.54, 1.807) is 0 Å². The Bertz CT molecular complexity index is 3200. The van der Waals surface area contributed by atoms with E-state index >= 15 is 0 Å². The van der Waals surface area contributed by atoms with Crippen LogP contribution >= 0.6 is 22.7 Å². The zero-order valence-corrected chi connectivity index (χ0v) is 32.6. The van der Waals surface area contributed by atoms with Crippen molar-refractivity contribution in [3.8, 4) is 44.5 Å². The molecule has 0 bridgehead atoms. The van der Waals surface area contributed by atoms with Crippen LogP contribution in [0.25, 0.3) is 84.9 Å². The molecular formula is C54H35NS2. The van der Waals surface area contributed by atoms with Gasteiger partial charge < -0.3 is 4.90 Å². The number of nitrogens with zero attached hydrogens (tertiary/aromatic N) is 1. The van der Waals surface area contributed by atoms with Gasteiger partial charge in [-0.05, 0) is 87.0 Å².